The summed E-state index contributed by atoms with van der Waals surface area (Å²) in [5.74, 6) is -0.901. The normalized spacial score (nSPS) is 12.8. The quantitative estimate of drug-likeness (QED) is 0.0261. The van der Waals surface area contributed by atoms with Crippen molar-refractivity contribution in [1.82, 2.24) is 0 Å². The van der Waals surface area contributed by atoms with Crippen molar-refractivity contribution in [3.63, 3.8) is 0 Å². The summed E-state index contributed by atoms with van der Waals surface area (Å²) in [6.45, 7) is 6.43. The minimum atomic E-state index is -0.787. The molecule has 0 saturated heterocycles. The molecule has 0 aliphatic carbocycles. The van der Waals surface area contributed by atoms with E-state index in [1.807, 2.05) is 0 Å². The number of ether oxygens (including phenoxy) is 3. The van der Waals surface area contributed by atoms with Crippen LogP contribution in [0.3, 0.4) is 0 Å². The molecule has 446 valence electrons. The second-order valence-corrected chi connectivity index (χ2v) is 21.6. The molecule has 0 aromatic rings. The highest BCUT2D eigenvalue weighted by Crippen LogP contribution is 2.16. The van der Waals surface area contributed by atoms with Gasteiger partial charge in [-0.25, -0.2) is 0 Å². The Hall–Kier alpha value is -3.93. The van der Waals surface area contributed by atoms with Crippen molar-refractivity contribution in [2.45, 2.75) is 316 Å². The van der Waals surface area contributed by atoms with Gasteiger partial charge in [0.25, 0.3) is 0 Å². The molecule has 0 saturated carbocycles. The summed E-state index contributed by atoms with van der Waals surface area (Å²) in [4.78, 5) is 38.2. The Balaban J connectivity index is 4.10. The Morgan fingerprint density at radius 3 is 0.846 bits per heavy atom. The summed E-state index contributed by atoms with van der Waals surface area (Å²) >= 11 is 0. The maximum absolute atomic E-state index is 12.8. The highest BCUT2D eigenvalue weighted by molar-refractivity contribution is 5.71. The van der Waals surface area contributed by atoms with E-state index in [0.717, 1.165) is 135 Å². The lowest BCUT2D eigenvalue weighted by atomic mass is 10.0. The molecule has 78 heavy (non-hydrogen) atoms. The van der Waals surface area contributed by atoms with Crippen molar-refractivity contribution in [2.24, 2.45) is 0 Å². The van der Waals surface area contributed by atoms with Crippen molar-refractivity contribution in [3.8, 4) is 0 Å². The zero-order valence-electron chi connectivity index (χ0n) is 51.2. The predicted molar refractivity (Wildman–Crippen MR) is 339 cm³/mol. The summed E-state index contributed by atoms with van der Waals surface area (Å²) < 4.78 is 16.9. The molecule has 0 radical (unpaired) electrons. The van der Waals surface area contributed by atoms with Crippen LogP contribution in [0.5, 0.6) is 0 Å². The van der Waals surface area contributed by atoms with E-state index in [4.69, 9.17) is 14.2 Å². The van der Waals surface area contributed by atoms with Gasteiger partial charge >= 0.3 is 17.9 Å². The number of esters is 3. The average molecular weight is 1080 g/mol. The molecule has 0 aliphatic heterocycles. The van der Waals surface area contributed by atoms with Crippen LogP contribution in [0.4, 0.5) is 0 Å². The summed E-state index contributed by atoms with van der Waals surface area (Å²) in [6.07, 6.45) is 89.7. The lowest BCUT2D eigenvalue weighted by molar-refractivity contribution is -0.167. The van der Waals surface area contributed by atoms with Gasteiger partial charge in [0.2, 0.25) is 0 Å². The van der Waals surface area contributed by atoms with E-state index in [2.05, 4.69) is 130 Å². The SMILES string of the molecule is CC/C=C\C/C=C\C/C=C\C/C=C\C/C=C\C/C=C\CCCCCCCCCCCCCCCCCCC(=O)OCC(COC(=O)CCCCCCC/C=C\CCCCC)OC(=O)CCCCCCC/C=C\C/C=C\CCC. The molecule has 1 atom stereocenters. The van der Waals surface area contributed by atoms with Crippen LogP contribution in [0.1, 0.15) is 310 Å². The number of unbranched alkanes of at least 4 members (excludes halogenated alkanes) is 30. The number of carbonyl (C=O) groups is 3. The van der Waals surface area contributed by atoms with Crippen molar-refractivity contribution in [3.05, 3.63) is 109 Å². The van der Waals surface area contributed by atoms with Gasteiger partial charge in [0, 0.05) is 19.3 Å². The highest BCUT2D eigenvalue weighted by atomic mass is 16.6. The van der Waals surface area contributed by atoms with Crippen molar-refractivity contribution >= 4 is 17.9 Å². The van der Waals surface area contributed by atoms with Crippen LogP contribution < -0.4 is 0 Å². The Labute approximate surface area is 482 Å². The predicted octanol–water partition coefficient (Wildman–Crippen LogP) is 22.6. The van der Waals surface area contributed by atoms with E-state index in [0.29, 0.717) is 19.3 Å². The molecule has 0 N–H and O–H groups in total. The first-order chi connectivity index (χ1) is 38.5. The van der Waals surface area contributed by atoms with Gasteiger partial charge in [-0.05, 0) is 122 Å². The van der Waals surface area contributed by atoms with Crippen LogP contribution in [0.2, 0.25) is 0 Å². The Bertz CT molecular complexity index is 1570. The topological polar surface area (TPSA) is 78.9 Å². The molecule has 1 unspecified atom stereocenters. The third-order valence-corrected chi connectivity index (χ3v) is 14.0. The van der Waals surface area contributed by atoms with Gasteiger partial charge in [0.15, 0.2) is 6.10 Å². The van der Waals surface area contributed by atoms with Crippen molar-refractivity contribution in [2.75, 3.05) is 13.2 Å². The first-order valence-corrected chi connectivity index (χ1v) is 32.9. The van der Waals surface area contributed by atoms with Gasteiger partial charge in [-0.3, -0.25) is 14.4 Å². The number of allylic oxidation sites excluding steroid dienone is 18. The van der Waals surface area contributed by atoms with E-state index < -0.39 is 6.10 Å². The second-order valence-electron chi connectivity index (χ2n) is 21.6. The van der Waals surface area contributed by atoms with Gasteiger partial charge in [-0.15, -0.1) is 0 Å². The van der Waals surface area contributed by atoms with Crippen LogP contribution >= 0.6 is 0 Å². The minimum Gasteiger partial charge on any atom is -0.462 e. The maximum atomic E-state index is 12.8. The summed E-state index contributed by atoms with van der Waals surface area (Å²) in [7, 11) is 0. The monoisotopic (exact) mass is 1080 g/mol. The van der Waals surface area contributed by atoms with Crippen LogP contribution in [0.15, 0.2) is 109 Å². The fourth-order valence-electron chi connectivity index (χ4n) is 9.07. The fourth-order valence-corrected chi connectivity index (χ4v) is 9.07. The largest absolute Gasteiger partial charge is 0.462 e. The van der Waals surface area contributed by atoms with Crippen LogP contribution in [0.25, 0.3) is 0 Å². The van der Waals surface area contributed by atoms with Gasteiger partial charge in [0.05, 0.1) is 0 Å². The zero-order valence-corrected chi connectivity index (χ0v) is 51.2. The first kappa shape index (κ1) is 74.1. The number of hydrogen-bond acceptors (Lipinski definition) is 6. The molecule has 0 rings (SSSR count). The average Bonchev–Trinajstić information content (AvgIpc) is 3.44. The molecular weight excluding hydrogens is 961 g/mol. The number of hydrogen-bond donors (Lipinski definition) is 0. The standard InChI is InChI=1S/C72H122O6/c1-4-7-10-13-16-19-22-25-26-27-28-29-30-31-32-33-34-35-36-37-38-39-40-41-42-43-44-45-46-48-50-53-56-59-62-65-71(74)77-68-69(67-76-70(73)64-61-58-55-52-49-24-21-18-15-12-9-6-3)78-72(75)66-63-60-57-54-51-47-23-20-17-14-11-8-5-2/h7,10-11,14,16,18-21,23,25-26,28-29,31-32,34-35,69H,4-6,8-9,12-13,15,17,22,24,27,30,33,36-68H2,1-3H3/b10-7-,14-11-,19-16-,21-18-,23-20-,26-25-,29-28-,32-31-,35-34-. The molecule has 6 nitrogen and oxygen atoms in total. The van der Waals surface area contributed by atoms with Crippen LogP contribution in [0, 0.1) is 0 Å². The van der Waals surface area contributed by atoms with Crippen molar-refractivity contribution in [1.29, 1.82) is 0 Å². The lowest BCUT2D eigenvalue weighted by Gasteiger charge is -2.18. The first-order valence-electron chi connectivity index (χ1n) is 32.9. The molecule has 0 heterocycles. The van der Waals surface area contributed by atoms with Gasteiger partial charge in [-0.1, -0.05) is 278 Å². The highest BCUT2D eigenvalue weighted by Gasteiger charge is 2.19. The zero-order chi connectivity index (χ0) is 56.4. The third kappa shape index (κ3) is 62.9. The minimum absolute atomic E-state index is 0.0842. The molecule has 0 aromatic carbocycles. The van der Waals surface area contributed by atoms with Gasteiger partial charge < -0.3 is 14.2 Å². The van der Waals surface area contributed by atoms with Gasteiger partial charge in [-0.2, -0.15) is 0 Å². The van der Waals surface area contributed by atoms with Gasteiger partial charge in [0.1, 0.15) is 13.2 Å². The molecular formula is C72H122O6. The Kier molecular flexibility index (Phi) is 62.3. The molecule has 0 aromatic heterocycles. The molecule has 0 spiro atoms. The molecule has 0 amide bonds. The molecule has 6 heteroatoms. The molecule has 0 bridgehead atoms. The fraction of sp³-hybridized carbons (Fsp3) is 0.708. The Morgan fingerprint density at radius 1 is 0.269 bits per heavy atom. The summed E-state index contributed by atoms with van der Waals surface area (Å²) in [5, 5.41) is 0. The summed E-state index contributed by atoms with van der Waals surface area (Å²) in [5.41, 5.74) is 0. The van der Waals surface area contributed by atoms with E-state index in [1.54, 1.807) is 0 Å². The summed E-state index contributed by atoms with van der Waals surface area (Å²) in [6, 6.07) is 0. The number of rotatable bonds is 59. The smallest absolute Gasteiger partial charge is 0.306 e. The third-order valence-electron chi connectivity index (χ3n) is 14.0. The van der Waals surface area contributed by atoms with E-state index >= 15 is 0 Å². The second kappa shape index (κ2) is 65.6. The number of carbonyl (C=O) groups excluding carboxylic acids is 3. The van der Waals surface area contributed by atoms with Crippen molar-refractivity contribution < 1.29 is 28.6 Å². The van der Waals surface area contributed by atoms with Crippen LogP contribution in [-0.2, 0) is 28.6 Å². The lowest BCUT2D eigenvalue weighted by Crippen LogP contribution is -2.30. The van der Waals surface area contributed by atoms with E-state index in [9.17, 15) is 14.4 Å². The van der Waals surface area contributed by atoms with Crippen LogP contribution in [-0.4, -0.2) is 37.2 Å². The van der Waals surface area contributed by atoms with E-state index in [-0.39, 0.29) is 31.1 Å². The Morgan fingerprint density at radius 2 is 0.526 bits per heavy atom. The molecule has 0 aliphatic rings. The molecule has 0 fully saturated rings. The van der Waals surface area contributed by atoms with E-state index in [1.165, 1.54) is 135 Å². The maximum Gasteiger partial charge on any atom is 0.306 e.